The summed E-state index contributed by atoms with van der Waals surface area (Å²) >= 11 is 0. The molecule has 0 bridgehead atoms. The van der Waals surface area contributed by atoms with Gasteiger partial charge in [-0.05, 0) is 27.2 Å². The minimum atomic E-state index is -0.843. The average molecular weight is 288 g/mol. The lowest BCUT2D eigenvalue weighted by atomic mass is 10.3. The highest BCUT2D eigenvalue weighted by atomic mass is 32.2. The first kappa shape index (κ1) is 15.6. The summed E-state index contributed by atoms with van der Waals surface area (Å²) in [7, 11) is -0.843. The van der Waals surface area contributed by atoms with Crippen molar-refractivity contribution in [2.24, 2.45) is 0 Å². The summed E-state index contributed by atoms with van der Waals surface area (Å²) in [4.78, 5) is 10.7. The molecule has 0 spiro atoms. The summed E-state index contributed by atoms with van der Waals surface area (Å²) in [6.07, 6.45) is 2.34. The van der Waals surface area contributed by atoms with E-state index in [9.17, 15) is 14.3 Å². The van der Waals surface area contributed by atoms with Crippen molar-refractivity contribution in [1.29, 1.82) is 0 Å². The first-order valence-corrected chi connectivity index (χ1v) is 7.84. The third-order valence-corrected chi connectivity index (χ3v) is 3.49. The Morgan fingerprint density at radius 3 is 2.63 bits per heavy atom. The van der Waals surface area contributed by atoms with Crippen molar-refractivity contribution in [3.8, 4) is 0 Å². The lowest BCUT2D eigenvalue weighted by Crippen LogP contribution is -2.13. The normalized spacial score (nSPS) is 12.7. The summed E-state index contributed by atoms with van der Waals surface area (Å²) in [6, 6.07) is 0.0372. The Labute approximate surface area is 115 Å². The lowest BCUT2D eigenvalue weighted by Gasteiger charge is -2.11. The molecule has 0 amide bonds. The largest absolute Gasteiger partial charge is 0.364 e. The van der Waals surface area contributed by atoms with Crippen LogP contribution in [0.15, 0.2) is 0 Å². The topological polar surface area (TPSA) is 90.1 Å². The van der Waals surface area contributed by atoms with Gasteiger partial charge in [0.25, 0.3) is 0 Å². The van der Waals surface area contributed by atoms with Crippen LogP contribution in [0.4, 0.5) is 11.5 Å². The zero-order valence-corrected chi connectivity index (χ0v) is 12.5. The van der Waals surface area contributed by atoms with Gasteiger partial charge in [0.1, 0.15) is 5.69 Å². The fourth-order valence-electron chi connectivity index (χ4n) is 1.78. The van der Waals surface area contributed by atoms with Gasteiger partial charge < -0.3 is 5.32 Å². The number of nitro groups is 1. The molecule has 8 heteroatoms. The highest BCUT2D eigenvalue weighted by molar-refractivity contribution is 7.84. The monoisotopic (exact) mass is 288 g/mol. The summed E-state index contributed by atoms with van der Waals surface area (Å²) in [5.41, 5.74) is 0.423. The second-order valence-electron chi connectivity index (χ2n) is 4.64. The Morgan fingerprint density at radius 1 is 1.53 bits per heavy atom. The van der Waals surface area contributed by atoms with Crippen LogP contribution in [0.1, 0.15) is 32.0 Å². The highest BCUT2D eigenvalue weighted by Gasteiger charge is 2.25. The second kappa shape index (κ2) is 6.65. The maximum absolute atomic E-state index is 11.1. The van der Waals surface area contributed by atoms with Crippen LogP contribution >= 0.6 is 0 Å². The summed E-state index contributed by atoms with van der Waals surface area (Å²) in [5, 5.41) is 18.3. The highest BCUT2D eigenvalue weighted by Crippen LogP contribution is 2.30. The van der Waals surface area contributed by atoms with E-state index in [1.807, 2.05) is 13.8 Å². The minimum absolute atomic E-state index is 0.0197. The Kier molecular flexibility index (Phi) is 5.46. The molecule has 0 aromatic carbocycles. The molecule has 1 atom stereocenters. The van der Waals surface area contributed by atoms with Crippen LogP contribution < -0.4 is 5.32 Å². The predicted molar refractivity (Wildman–Crippen MR) is 76.0 cm³/mol. The number of anilines is 1. The molecule has 1 aromatic rings. The van der Waals surface area contributed by atoms with Crippen molar-refractivity contribution in [2.45, 2.75) is 33.2 Å². The quantitative estimate of drug-likeness (QED) is 0.470. The van der Waals surface area contributed by atoms with Gasteiger partial charge in [0.15, 0.2) is 0 Å². The number of hydrogen-bond acceptors (Lipinski definition) is 5. The molecule has 0 saturated carbocycles. The second-order valence-corrected chi connectivity index (χ2v) is 6.19. The summed E-state index contributed by atoms with van der Waals surface area (Å²) in [6.45, 7) is 6.01. The van der Waals surface area contributed by atoms with Crippen molar-refractivity contribution in [3.05, 3.63) is 15.8 Å². The number of rotatable bonds is 7. The van der Waals surface area contributed by atoms with E-state index in [0.29, 0.717) is 30.2 Å². The van der Waals surface area contributed by atoms with Crippen molar-refractivity contribution >= 4 is 22.3 Å². The molecule has 1 unspecified atom stereocenters. The SMILES string of the molecule is Cc1nn(C(C)C)c(NCCCS(C)=O)c1[N+](=O)[O-]. The molecule has 0 aliphatic rings. The van der Waals surface area contributed by atoms with Gasteiger partial charge in [-0.3, -0.25) is 14.3 Å². The van der Waals surface area contributed by atoms with Gasteiger partial charge in [0, 0.05) is 35.4 Å². The van der Waals surface area contributed by atoms with Crippen LogP contribution in [0.2, 0.25) is 0 Å². The van der Waals surface area contributed by atoms with E-state index in [1.165, 1.54) is 0 Å². The molecule has 0 aliphatic carbocycles. The predicted octanol–water partition coefficient (Wildman–Crippen LogP) is 1.86. The van der Waals surface area contributed by atoms with E-state index in [-0.39, 0.29) is 11.7 Å². The van der Waals surface area contributed by atoms with E-state index in [4.69, 9.17) is 0 Å². The molecule has 1 aromatic heterocycles. The van der Waals surface area contributed by atoms with E-state index < -0.39 is 15.7 Å². The van der Waals surface area contributed by atoms with Crippen molar-refractivity contribution in [3.63, 3.8) is 0 Å². The summed E-state index contributed by atoms with van der Waals surface area (Å²) in [5.74, 6) is 1.01. The van der Waals surface area contributed by atoms with Gasteiger partial charge >= 0.3 is 5.69 Å². The molecule has 19 heavy (non-hydrogen) atoms. The Balaban J connectivity index is 2.89. The van der Waals surface area contributed by atoms with Crippen LogP contribution in [0.25, 0.3) is 0 Å². The first-order valence-electron chi connectivity index (χ1n) is 6.12. The molecule has 1 rings (SSSR count). The van der Waals surface area contributed by atoms with Crippen LogP contribution in [0.3, 0.4) is 0 Å². The number of hydrogen-bond donors (Lipinski definition) is 1. The Hall–Kier alpha value is -1.44. The van der Waals surface area contributed by atoms with Crippen LogP contribution in [0.5, 0.6) is 0 Å². The maximum Gasteiger partial charge on any atom is 0.333 e. The van der Waals surface area contributed by atoms with Crippen molar-refractivity contribution < 1.29 is 9.13 Å². The van der Waals surface area contributed by atoms with Gasteiger partial charge in [0.2, 0.25) is 5.82 Å². The molecule has 0 saturated heterocycles. The van der Waals surface area contributed by atoms with Gasteiger partial charge in [-0.2, -0.15) is 5.10 Å². The third kappa shape index (κ3) is 4.02. The van der Waals surface area contributed by atoms with Crippen LogP contribution in [-0.4, -0.2) is 37.5 Å². The number of aromatic nitrogens is 2. The molecule has 1 heterocycles. The van der Waals surface area contributed by atoms with Crippen LogP contribution in [-0.2, 0) is 10.8 Å². The Morgan fingerprint density at radius 2 is 2.16 bits per heavy atom. The van der Waals surface area contributed by atoms with Crippen molar-refractivity contribution in [1.82, 2.24) is 9.78 Å². The smallest absolute Gasteiger partial charge is 0.333 e. The minimum Gasteiger partial charge on any atom is -0.364 e. The summed E-state index contributed by atoms with van der Waals surface area (Å²) < 4.78 is 12.6. The molecule has 1 N–H and O–H groups in total. The number of nitrogens with one attached hydrogen (secondary N) is 1. The zero-order valence-electron chi connectivity index (χ0n) is 11.7. The van der Waals surface area contributed by atoms with Crippen molar-refractivity contribution in [2.75, 3.05) is 23.9 Å². The molecular formula is C11H20N4O3S. The zero-order chi connectivity index (χ0) is 14.6. The van der Waals surface area contributed by atoms with E-state index in [0.717, 1.165) is 0 Å². The van der Waals surface area contributed by atoms with E-state index in [2.05, 4.69) is 10.4 Å². The molecule has 108 valence electrons. The van der Waals surface area contributed by atoms with Gasteiger partial charge in [-0.25, -0.2) is 4.68 Å². The molecule has 0 aliphatic heterocycles. The lowest BCUT2D eigenvalue weighted by molar-refractivity contribution is -0.384. The fraction of sp³-hybridized carbons (Fsp3) is 0.727. The third-order valence-electron chi connectivity index (χ3n) is 2.63. The van der Waals surface area contributed by atoms with Gasteiger partial charge in [0.05, 0.1) is 4.92 Å². The average Bonchev–Trinajstić information content (AvgIpc) is 2.61. The maximum atomic E-state index is 11.1. The Bertz CT molecular complexity index is 485. The number of nitrogens with zero attached hydrogens (tertiary/aromatic N) is 3. The first-order chi connectivity index (χ1) is 8.84. The fourth-order valence-corrected chi connectivity index (χ4v) is 2.33. The molecular weight excluding hydrogens is 268 g/mol. The standard InChI is InChI=1S/C11H20N4O3S/c1-8(2)14-11(12-6-5-7-19(4)18)10(15(16)17)9(3)13-14/h8,12H,5-7H2,1-4H3. The molecule has 0 radical (unpaired) electrons. The van der Waals surface area contributed by atoms with Crippen LogP contribution in [0, 0.1) is 17.0 Å². The van der Waals surface area contributed by atoms with Gasteiger partial charge in [-0.1, -0.05) is 0 Å². The van der Waals surface area contributed by atoms with Gasteiger partial charge in [-0.15, -0.1) is 0 Å². The van der Waals surface area contributed by atoms with E-state index in [1.54, 1.807) is 17.9 Å². The van der Waals surface area contributed by atoms with E-state index >= 15 is 0 Å². The molecule has 7 nitrogen and oxygen atoms in total. The number of aryl methyl sites for hydroxylation is 1. The molecule has 0 fully saturated rings.